The Balaban J connectivity index is 1.96. The molecule has 2 aliphatic heterocycles. The van der Waals surface area contributed by atoms with Gasteiger partial charge in [0.05, 0.1) is 25.2 Å². The quantitative estimate of drug-likeness (QED) is 0.639. The predicted octanol–water partition coefficient (Wildman–Crippen LogP) is 2.46. The molecule has 3 heterocycles. The molecule has 23 heavy (non-hydrogen) atoms. The van der Waals surface area contributed by atoms with Crippen molar-refractivity contribution in [2.75, 3.05) is 19.8 Å². The maximum atomic E-state index is 13.5. The van der Waals surface area contributed by atoms with Crippen LogP contribution in [0.25, 0.3) is 5.57 Å². The van der Waals surface area contributed by atoms with Crippen molar-refractivity contribution in [3.05, 3.63) is 47.2 Å². The van der Waals surface area contributed by atoms with Gasteiger partial charge in [0.25, 0.3) is 0 Å². The number of halogens is 1. The first-order valence-corrected chi connectivity index (χ1v) is 7.35. The van der Waals surface area contributed by atoms with Crippen molar-refractivity contribution in [2.45, 2.75) is 13.8 Å². The molecule has 1 aromatic rings. The van der Waals surface area contributed by atoms with Crippen LogP contribution in [-0.2, 0) is 4.74 Å². The first kappa shape index (κ1) is 15.3. The summed E-state index contributed by atoms with van der Waals surface area (Å²) in [5.74, 6) is 11.7. The van der Waals surface area contributed by atoms with E-state index in [-0.39, 0.29) is 5.41 Å². The molecular formula is C19H16FN2O. The second kappa shape index (κ2) is 6.28. The third-order valence-corrected chi connectivity index (χ3v) is 3.61. The lowest BCUT2D eigenvalue weighted by Crippen LogP contribution is -2.38. The second-order valence-corrected chi connectivity index (χ2v) is 5.79. The predicted molar refractivity (Wildman–Crippen MR) is 86.3 cm³/mol. The van der Waals surface area contributed by atoms with Crippen LogP contribution in [-0.4, -0.2) is 24.7 Å². The standard InChI is InChI=1S/C19H16FN2O/c1-3-4-15-11-22-18(20)8-17(15)16-7-14(9-21-10-16)5-6-19(2)12-23-13-19/h7,9-10,22H,11-13H2,1-2H3. The highest BCUT2D eigenvalue weighted by molar-refractivity contribution is 5.78. The number of pyridine rings is 1. The minimum atomic E-state index is -0.489. The molecule has 0 bridgehead atoms. The Kier molecular flexibility index (Phi) is 4.19. The highest BCUT2D eigenvalue weighted by atomic mass is 19.1. The van der Waals surface area contributed by atoms with E-state index in [1.165, 1.54) is 0 Å². The average Bonchev–Trinajstić information content (AvgIpc) is 2.53. The van der Waals surface area contributed by atoms with Crippen LogP contribution in [0.2, 0.25) is 0 Å². The number of nitrogens with one attached hydrogen (secondary N) is 1. The fourth-order valence-corrected chi connectivity index (χ4v) is 2.34. The molecule has 3 rings (SSSR count). The molecule has 1 saturated heterocycles. The lowest BCUT2D eigenvalue weighted by molar-refractivity contribution is -0.0648. The number of dihydropyridines is 1. The van der Waals surface area contributed by atoms with Crippen LogP contribution in [0.4, 0.5) is 4.39 Å². The van der Waals surface area contributed by atoms with Crippen molar-refractivity contribution in [1.82, 2.24) is 10.3 Å². The van der Waals surface area contributed by atoms with Gasteiger partial charge in [0, 0.05) is 40.7 Å². The van der Waals surface area contributed by atoms with Gasteiger partial charge in [-0.15, -0.1) is 5.92 Å². The van der Waals surface area contributed by atoms with Crippen molar-refractivity contribution >= 4 is 5.57 Å². The Hall–Kier alpha value is -2.56. The van der Waals surface area contributed by atoms with Gasteiger partial charge >= 0.3 is 0 Å². The molecule has 0 atom stereocenters. The van der Waals surface area contributed by atoms with E-state index >= 15 is 0 Å². The van der Waals surface area contributed by atoms with Gasteiger partial charge in [0.2, 0.25) is 0 Å². The van der Waals surface area contributed by atoms with E-state index in [2.05, 4.69) is 47.0 Å². The number of ether oxygens (including phenoxy) is 1. The summed E-state index contributed by atoms with van der Waals surface area (Å²) in [6.07, 6.45) is 6.08. The average molecular weight is 307 g/mol. The third kappa shape index (κ3) is 3.44. The Bertz CT molecular complexity index is 811. The zero-order chi connectivity index (χ0) is 16.3. The topological polar surface area (TPSA) is 34.1 Å². The van der Waals surface area contributed by atoms with Gasteiger partial charge in [-0.3, -0.25) is 4.98 Å². The van der Waals surface area contributed by atoms with Gasteiger partial charge in [-0.05, 0) is 19.9 Å². The van der Waals surface area contributed by atoms with E-state index in [9.17, 15) is 4.39 Å². The Morgan fingerprint density at radius 3 is 2.87 bits per heavy atom. The SMILES string of the molecule is CC#CC1=C(c2cncc(C#CC3(C)COC3)c2)[C]=C(F)NC1. The fraction of sp³-hybridized carbons (Fsp3) is 0.316. The van der Waals surface area contributed by atoms with Crippen LogP contribution in [0.3, 0.4) is 0 Å². The molecule has 115 valence electrons. The van der Waals surface area contributed by atoms with Gasteiger partial charge in [0.1, 0.15) is 0 Å². The Labute approximate surface area is 135 Å². The van der Waals surface area contributed by atoms with Crippen LogP contribution in [0.15, 0.2) is 30.0 Å². The number of allylic oxidation sites excluding steroid dienone is 2. The molecule has 0 saturated carbocycles. The van der Waals surface area contributed by atoms with Crippen LogP contribution in [0.1, 0.15) is 25.0 Å². The fourth-order valence-electron chi connectivity index (χ4n) is 2.34. The molecule has 4 heteroatoms. The van der Waals surface area contributed by atoms with Crippen molar-refractivity contribution in [2.24, 2.45) is 5.41 Å². The minimum Gasteiger partial charge on any atom is -0.378 e. The molecular weight excluding hydrogens is 291 g/mol. The van der Waals surface area contributed by atoms with Gasteiger partial charge in [0.15, 0.2) is 5.95 Å². The molecule has 3 nitrogen and oxygen atoms in total. The van der Waals surface area contributed by atoms with Gasteiger partial charge in [-0.25, -0.2) is 0 Å². The summed E-state index contributed by atoms with van der Waals surface area (Å²) < 4.78 is 18.7. The second-order valence-electron chi connectivity index (χ2n) is 5.79. The van der Waals surface area contributed by atoms with E-state index in [1.807, 2.05) is 6.07 Å². The van der Waals surface area contributed by atoms with Crippen LogP contribution < -0.4 is 5.32 Å². The van der Waals surface area contributed by atoms with Crippen molar-refractivity contribution in [1.29, 1.82) is 0 Å². The van der Waals surface area contributed by atoms with Crippen molar-refractivity contribution in [3.63, 3.8) is 0 Å². The van der Waals surface area contributed by atoms with E-state index in [0.29, 0.717) is 25.3 Å². The molecule has 1 radical (unpaired) electrons. The molecule has 0 aromatic carbocycles. The minimum absolute atomic E-state index is 0.0823. The number of hydrogen-bond donors (Lipinski definition) is 1. The van der Waals surface area contributed by atoms with Crippen LogP contribution in [0, 0.1) is 35.2 Å². The molecule has 0 unspecified atom stereocenters. The lowest BCUT2D eigenvalue weighted by atomic mass is 9.89. The van der Waals surface area contributed by atoms with E-state index in [4.69, 9.17) is 4.74 Å². The summed E-state index contributed by atoms with van der Waals surface area (Å²) >= 11 is 0. The summed E-state index contributed by atoms with van der Waals surface area (Å²) in [7, 11) is 0. The molecule has 0 spiro atoms. The highest BCUT2D eigenvalue weighted by Crippen LogP contribution is 2.26. The summed E-state index contributed by atoms with van der Waals surface area (Å²) in [6, 6.07) is 1.89. The summed E-state index contributed by atoms with van der Waals surface area (Å²) in [5.41, 5.74) is 2.89. The number of nitrogens with zero attached hydrogens (tertiary/aromatic N) is 1. The summed E-state index contributed by atoms with van der Waals surface area (Å²) in [6.45, 7) is 5.47. The zero-order valence-corrected chi connectivity index (χ0v) is 13.1. The van der Waals surface area contributed by atoms with E-state index in [1.54, 1.807) is 19.3 Å². The monoisotopic (exact) mass is 307 g/mol. The lowest BCUT2D eigenvalue weighted by Gasteiger charge is -2.32. The van der Waals surface area contributed by atoms with Gasteiger partial charge < -0.3 is 10.1 Å². The molecule has 1 aromatic heterocycles. The Morgan fingerprint density at radius 2 is 2.17 bits per heavy atom. The van der Waals surface area contributed by atoms with Gasteiger partial charge in [-0.2, -0.15) is 4.39 Å². The summed E-state index contributed by atoms with van der Waals surface area (Å²) in [5, 5.41) is 2.61. The molecule has 2 aliphatic rings. The molecule has 0 amide bonds. The largest absolute Gasteiger partial charge is 0.378 e. The maximum Gasteiger partial charge on any atom is 0.196 e. The van der Waals surface area contributed by atoms with Crippen molar-refractivity contribution < 1.29 is 9.13 Å². The number of aromatic nitrogens is 1. The first-order valence-electron chi connectivity index (χ1n) is 7.35. The maximum absolute atomic E-state index is 13.5. The molecule has 1 fully saturated rings. The number of rotatable bonds is 1. The first-order chi connectivity index (χ1) is 11.1. The smallest absolute Gasteiger partial charge is 0.196 e. The zero-order valence-electron chi connectivity index (χ0n) is 13.1. The normalized spacial score (nSPS) is 18.5. The van der Waals surface area contributed by atoms with Crippen LogP contribution >= 0.6 is 0 Å². The van der Waals surface area contributed by atoms with Crippen molar-refractivity contribution in [3.8, 4) is 23.7 Å². The van der Waals surface area contributed by atoms with E-state index < -0.39 is 5.95 Å². The Morgan fingerprint density at radius 1 is 1.35 bits per heavy atom. The van der Waals surface area contributed by atoms with E-state index in [0.717, 1.165) is 16.7 Å². The summed E-state index contributed by atoms with van der Waals surface area (Å²) in [4.78, 5) is 4.22. The molecule has 1 N–H and O–H groups in total. The van der Waals surface area contributed by atoms with Crippen LogP contribution in [0.5, 0.6) is 0 Å². The highest BCUT2D eigenvalue weighted by Gasteiger charge is 2.31. The molecule has 0 aliphatic carbocycles. The van der Waals surface area contributed by atoms with Gasteiger partial charge in [-0.1, -0.05) is 17.8 Å². The number of hydrogen-bond acceptors (Lipinski definition) is 3. The third-order valence-electron chi connectivity index (χ3n) is 3.61.